The average molecular weight is 311 g/mol. The normalized spacial score (nSPS) is 10.9. The Balaban J connectivity index is 2.13. The van der Waals surface area contributed by atoms with Gasteiger partial charge in [0.1, 0.15) is 5.75 Å². The first kappa shape index (κ1) is 14.5. The van der Waals surface area contributed by atoms with Gasteiger partial charge in [-0.15, -0.1) is 0 Å². The van der Waals surface area contributed by atoms with E-state index < -0.39 is 0 Å². The topological polar surface area (TPSA) is 33.1 Å². The van der Waals surface area contributed by atoms with Crippen molar-refractivity contribution >= 4 is 10.9 Å². The fourth-order valence-electron chi connectivity index (χ4n) is 3.13. The van der Waals surface area contributed by atoms with Gasteiger partial charge in [-0.05, 0) is 30.7 Å². The first-order valence-electron chi connectivity index (χ1n) is 7.97. The van der Waals surface area contributed by atoms with Crippen LogP contribution in [0.15, 0.2) is 79.0 Å². The van der Waals surface area contributed by atoms with Crippen LogP contribution in [0, 0.1) is 6.92 Å². The second-order valence-electron chi connectivity index (χ2n) is 5.95. The Labute approximate surface area is 141 Å². The fraction of sp³-hybridized carbons (Fsp3) is 0.0455. The zero-order chi connectivity index (χ0) is 16.5. The molecule has 1 N–H and O–H groups in total. The smallest absolute Gasteiger partial charge is 0.123 e. The molecule has 2 nitrogen and oxygen atoms in total. The summed E-state index contributed by atoms with van der Waals surface area (Å²) in [6.07, 6.45) is 1.86. The molecule has 24 heavy (non-hydrogen) atoms. The van der Waals surface area contributed by atoms with E-state index in [2.05, 4.69) is 36.2 Å². The number of benzene rings is 3. The van der Waals surface area contributed by atoms with Gasteiger partial charge in [0.15, 0.2) is 0 Å². The van der Waals surface area contributed by atoms with Gasteiger partial charge < -0.3 is 5.11 Å². The zero-order valence-electron chi connectivity index (χ0n) is 13.4. The zero-order valence-corrected chi connectivity index (χ0v) is 13.4. The minimum Gasteiger partial charge on any atom is -0.507 e. The van der Waals surface area contributed by atoms with Crippen LogP contribution in [-0.2, 0) is 0 Å². The third kappa shape index (κ3) is 2.42. The third-order valence-electron chi connectivity index (χ3n) is 4.28. The van der Waals surface area contributed by atoms with E-state index >= 15 is 0 Å². The third-order valence-corrected chi connectivity index (χ3v) is 4.28. The Kier molecular flexibility index (Phi) is 3.51. The van der Waals surface area contributed by atoms with Crippen LogP contribution in [0.5, 0.6) is 5.75 Å². The molecule has 0 radical (unpaired) electrons. The lowest BCUT2D eigenvalue weighted by Crippen LogP contribution is -1.91. The molecule has 0 spiro atoms. The number of fused-ring (bicyclic) bond motifs is 1. The van der Waals surface area contributed by atoms with Crippen LogP contribution in [0.3, 0.4) is 0 Å². The number of pyridine rings is 1. The van der Waals surface area contributed by atoms with Crippen molar-refractivity contribution in [3.8, 4) is 28.0 Å². The SMILES string of the molecule is Cc1ccc2ncc(-c3ccccc3O)c(-c3ccccc3)c2c1. The van der Waals surface area contributed by atoms with E-state index in [-0.39, 0.29) is 5.75 Å². The maximum absolute atomic E-state index is 10.3. The Morgan fingerprint density at radius 3 is 2.33 bits per heavy atom. The Bertz CT molecular complexity index is 1020. The molecule has 0 unspecified atom stereocenters. The van der Waals surface area contributed by atoms with Crippen LogP contribution < -0.4 is 0 Å². The van der Waals surface area contributed by atoms with Crippen LogP contribution in [0.1, 0.15) is 5.56 Å². The summed E-state index contributed by atoms with van der Waals surface area (Å²) in [5.41, 5.74) is 6.11. The minimum absolute atomic E-state index is 0.267. The highest BCUT2D eigenvalue weighted by molar-refractivity contribution is 6.03. The molecule has 1 heterocycles. The Morgan fingerprint density at radius 1 is 0.792 bits per heavy atom. The first-order valence-corrected chi connectivity index (χ1v) is 7.97. The molecule has 4 aromatic rings. The second kappa shape index (κ2) is 5.82. The average Bonchev–Trinajstić information content (AvgIpc) is 2.62. The van der Waals surface area contributed by atoms with E-state index in [1.54, 1.807) is 6.07 Å². The van der Waals surface area contributed by atoms with E-state index in [1.165, 1.54) is 5.56 Å². The van der Waals surface area contributed by atoms with Gasteiger partial charge in [-0.1, -0.05) is 60.2 Å². The van der Waals surface area contributed by atoms with Crippen molar-refractivity contribution in [1.29, 1.82) is 0 Å². The van der Waals surface area contributed by atoms with Gasteiger partial charge in [-0.3, -0.25) is 4.98 Å². The number of para-hydroxylation sites is 1. The number of hydrogen-bond acceptors (Lipinski definition) is 2. The van der Waals surface area contributed by atoms with Crippen LogP contribution in [0.4, 0.5) is 0 Å². The molecule has 0 saturated heterocycles. The Morgan fingerprint density at radius 2 is 1.54 bits per heavy atom. The first-order chi connectivity index (χ1) is 11.7. The lowest BCUT2D eigenvalue weighted by atomic mass is 9.91. The molecule has 0 amide bonds. The number of phenols is 1. The minimum atomic E-state index is 0.267. The molecule has 3 aromatic carbocycles. The molecular formula is C22H17NO. The second-order valence-corrected chi connectivity index (χ2v) is 5.95. The van der Waals surface area contributed by atoms with Crippen molar-refractivity contribution in [3.05, 3.63) is 84.6 Å². The Hall–Kier alpha value is -3.13. The van der Waals surface area contributed by atoms with Crippen LogP contribution in [0.2, 0.25) is 0 Å². The molecule has 0 aliphatic carbocycles. The molecule has 0 bridgehead atoms. The van der Waals surface area contributed by atoms with Crippen molar-refractivity contribution in [2.45, 2.75) is 6.92 Å². The van der Waals surface area contributed by atoms with Crippen molar-refractivity contribution < 1.29 is 5.11 Å². The van der Waals surface area contributed by atoms with Gasteiger partial charge in [0, 0.05) is 28.3 Å². The molecule has 0 aliphatic heterocycles. The van der Waals surface area contributed by atoms with Crippen LogP contribution in [0.25, 0.3) is 33.2 Å². The molecule has 2 heteroatoms. The number of nitrogens with zero attached hydrogens (tertiary/aromatic N) is 1. The lowest BCUT2D eigenvalue weighted by Gasteiger charge is -2.14. The summed E-state index contributed by atoms with van der Waals surface area (Å²) in [5.74, 6) is 0.267. The van der Waals surface area contributed by atoms with Gasteiger partial charge in [0.05, 0.1) is 5.52 Å². The predicted octanol–water partition coefficient (Wildman–Crippen LogP) is 5.58. The van der Waals surface area contributed by atoms with E-state index in [1.807, 2.05) is 48.7 Å². The summed E-state index contributed by atoms with van der Waals surface area (Å²) in [6.45, 7) is 2.08. The standard InChI is InChI=1S/C22H17NO/c1-15-11-12-20-18(13-15)22(16-7-3-2-4-8-16)19(14-23-20)17-9-5-6-10-21(17)24/h2-14,24H,1H3. The molecule has 0 saturated carbocycles. The van der Waals surface area contributed by atoms with E-state index in [0.29, 0.717) is 0 Å². The van der Waals surface area contributed by atoms with Gasteiger partial charge >= 0.3 is 0 Å². The quantitative estimate of drug-likeness (QED) is 0.524. The van der Waals surface area contributed by atoms with Crippen molar-refractivity contribution in [3.63, 3.8) is 0 Å². The summed E-state index contributed by atoms with van der Waals surface area (Å²) >= 11 is 0. The van der Waals surface area contributed by atoms with Crippen molar-refractivity contribution in [1.82, 2.24) is 4.98 Å². The van der Waals surface area contributed by atoms with Crippen molar-refractivity contribution in [2.24, 2.45) is 0 Å². The predicted molar refractivity (Wildman–Crippen MR) is 99.0 cm³/mol. The van der Waals surface area contributed by atoms with Gasteiger partial charge in [0.2, 0.25) is 0 Å². The number of phenolic OH excluding ortho intramolecular Hbond substituents is 1. The largest absolute Gasteiger partial charge is 0.507 e. The summed E-state index contributed by atoms with van der Waals surface area (Å²) in [5, 5.41) is 11.4. The molecular weight excluding hydrogens is 294 g/mol. The summed E-state index contributed by atoms with van der Waals surface area (Å²) in [7, 11) is 0. The van der Waals surface area contributed by atoms with Gasteiger partial charge in [0.25, 0.3) is 0 Å². The molecule has 116 valence electrons. The number of aryl methyl sites for hydroxylation is 1. The number of hydrogen-bond donors (Lipinski definition) is 1. The maximum atomic E-state index is 10.3. The van der Waals surface area contributed by atoms with Crippen LogP contribution >= 0.6 is 0 Å². The van der Waals surface area contributed by atoms with Gasteiger partial charge in [-0.25, -0.2) is 0 Å². The van der Waals surface area contributed by atoms with Crippen molar-refractivity contribution in [2.75, 3.05) is 0 Å². The molecule has 0 atom stereocenters. The van der Waals surface area contributed by atoms with E-state index in [0.717, 1.165) is 33.2 Å². The molecule has 0 fully saturated rings. The maximum Gasteiger partial charge on any atom is 0.123 e. The summed E-state index contributed by atoms with van der Waals surface area (Å²) in [4.78, 5) is 4.61. The molecule has 4 rings (SSSR count). The number of aromatic nitrogens is 1. The summed E-state index contributed by atoms with van der Waals surface area (Å²) in [6, 6.07) is 24.0. The highest BCUT2D eigenvalue weighted by Gasteiger charge is 2.15. The van der Waals surface area contributed by atoms with Crippen LogP contribution in [-0.4, -0.2) is 10.1 Å². The number of aromatic hydroxyl groups is 1. The highest BCUT2D eigenvalue weighted by atomic mass is 16.3. The summed E-state index contributed by atoms with van der Waals surface area (Å²) < 4.78 is 0. The fourth-order valence-corrected chi connectivity index (χ4v) is 3.13. The number of rotatable bonds is 2. The van der Waals surface area contributed by atoms with E-state index in [9.17, 15) is 5.11 Å². The monoisotopic (exact) mass is 311 g/mol. The van der Waals surface area contributed by atoms with Gasteiger partial charge in [-0.2, -0.15) is 0 Å². The van der Waals surface area contributed by atoms with E-state index in [4.69, 9.17) is 0 Å². The highest BCUT2D eigenvalue weighted by Crippen LogP contribution is 2.40. The lowest BCUT2D eigenvalue weighted by molar-refractivity contribution is 0.477. The molecule has 0 aliphatic rings. The molecule has 1 aromatic heterocycles.